The van der Waals surface area contributed by atoms with Crippen molar-refractivity contribution in [3.63, 3.8) is 0 Å². The number of unbranched alkanes of at least 4 members (excludes halogenated alkanes) is 4. The van der Waals surface area contributed by atoms with Crippen LogP contribution in [0, 0.1) is 0 Å². The molecule has 0 radical (unpaired) electrons. The minimum atomic E-state index is -0.308. The Morgan fingerprint density at radius 3 is 2.71 bits per heavy atom. The Morgan fingerprint density at radius 1 is 1.29 bits per heavy atom. The lowest BCUT2D eigenvalue weighted by atomic mass is 10.1. The van der Waals surface area contributed by atoms with E-state index < -0.39 is 0 Å². The van der Waals surface area contributed by atoms with E-state index in [0.29, 0.717) is 6.61 Å². The molecule has 0 aromatic carbocycles. The summed E-state index contributed by atoms with van der Waals surface area (Å²) in [6, 6.07) is 0. The number of hydrogen-bond donors (Lipinski definition) is 0. The van der Waals surface area contributed by atoms with Gasteiger partial charge in [0.25, 0.3) is 0 Å². The van der Waals surface area contributed by atoms with Gasteiger partial charge in [-0.2, -0.15) is 0 Å². The van der Waals surface area contributed by atoms with E-state index in [1.807, 2.05) is 6.08 Å². The number of esters is 1. The molecule has 0 saturated heterocycles. The molecule has 0 aliphatic carbocycles. The molecule has 0 rings (SSSR count). The van der Waals surface area contributed by atoms with Gasteiger partial charge in [-0.15, -0.1) is 5.73 Å². The van der Waals surface area contributed by atoms with Gasteiger partial charge < -0.3 is 4.74 Å². The molecule has 0 bridgehead atoms. The number of ether oxygens (including phenoxy) is 1. The third kappa shape index (κ3) is 9.08. The van der Waals surface area contributed by atoms with Crippen molar-refractivity contribution in [1.82, 2.24) is 0 Å². The molecule has 0 saturated carbocycles. The van der Waals surface area contributed by atoms with Crippen LogP contribution < -0.4 is 0 Å². The first kappa shape index (κ1) is 13.0. The zero-order valence-electron chi connectivity index (χ0n) is 9.21. The summed E-state index contributed by atoms with van der Waals surface area (Å²) in [5, 5.41) is 0. The van der Waals surface area contributed by atoms with E-state index in [1.54, 1.807) is 6.92 Å². The molecule has 0 aromatic heterocycles. The molecule has 0 N–H and O–H groups in total. The fourth-order valence-corrected chi connectivity index (χ4v) is 1.07. The standard InChI is InChI=1S/C12H20O2/c1-3-5-6-7-8-9-10-11-12(13)14-4-2/h9,11H,3-8H2,1-2H3. The number of carbonyl (C=O) groups is 1. The van der Waals surface area contributed by atoms with E-state index >= 15 is 0 Å². The molecule has 2 heteroatoms. The quantitative estimate of drug-likeness (QED) is 0.270. The molecule has 0 aromatic rings. The highest BCUT2D eigenvalue weighted by Gasteiger charge is 1.89. The smallest absolute Gasteiger partial charge is 0.338 e. The maximum absolute atomic E-state index is 10.8. The second-order valence-electron chi connectivity index (χ2n) is 3.12. The van der Waals surface area contributed by atoms with Gasteiger partial charge >= 0.3 is 5.97 Å². The molecular formula is C12H20O2. The van der Waals surface area contributed by atoms with Gasteiger partial charge in [-0.1, -0.05) is 26.2 Å². The van der Waals surface area contributed by atoms with Gasteiger partial charge in [-0.25, -0.2) is 4.79 Å². The monoisotopic (exact) mass is 196 g/mol. The van der Waals surface area contributed by atoms with Crippen molar-refractivity contribution in [3.8, 4) is 0 Å². The normalized spacial score (nSPS) is 9.00. The summed E-state index contributed by atoms with van der Waals surface area (Å²) in [5.41, 5.74) is 2.82. The molecule has 0 aliphatic rings. The maximum atomic E-state index is 10.8. The van der Waals surface area contributed by atoms with E-state index in [2.05, 4.69) is 12.7 Å². The lowest BCUT2D eigenvalue weighted by Crippen LogP contribution is -1.97. The largest absolute Gasteiger partial charge is 0.462 e. The van der Waals surface area contributed by atoms with Gasteiger partial charge in [0.2, 0.25) is 0 Å². The predicted octanol–water partition coefficient (Wildman–Crippen LogP) is 3.23. The van der Waals surface area contributed by atoms with Crippen LogP contribution in [0.5, 0.6) is 0 Å². The molecular weight excluding hydrogens is 176 g/mol. The summed E-state index contributed by atoms with van der Waals surface area (Å²) < 4.78 is 4.71. The molecule has 0 unspecified atom stereocenters. The third-order valence-corrected chi connectivity index (χ3v) is 1.81. The fraction of sp³-hybridized carbons (Fsp3) is 0.667. The molecule has 0 heterocycles. The average Bonchev–Trinajstić information content (AvgIpc) is 2.17. The molecule has 80 valence electrons. The summed E-state index contributed by atoms with van der Waals surface area (Å²) in [4.78, 5) is 10.8. The van der Waals surface area contributed by atoms with Crippen LogP contribution in [-0.4, -0.2) is 12.6 Å². The first-order chi connectivity index (χ1) is 6.81. The summed E-state index contributed by atoms with van der Waals surface area (Å²) in [6.45, 7) is 4.41. The predicted molar refractivity (Wildman–Crippen MR) is 58.0 cm³/mol. The number of rotatable bonds is 7. The first-order valence-corrected chi connectivity index (χ1v) is 5.39. The summed E-state index contributed by atoms with van der Waals surface area (Å²) in [7, 11) is 0. The lowest BCUT2D eigenvalue weighted by molar-refractivity contribution is -0.137. The highest BCUT2D eigenvalue weighted by molar-refractivity contribution is 5.81. The van der Waals surface area contributed by atoms with Crippen LogP contribution in [0.3, 0.4) is 0 Å². The van der Waals surface area contributed by atoms with Crippen molar-refractivity contribution in [2.45, 2.75) is 46.0 Å². The Bertz CT molecular complexity index is 200. The molecule has 0 spiro atoms. The molecule has 14 heavy (non-hydrogen) atoms. The maximum Gasteiger partial charge on any atom is 0.338 e. The van der Waals surface area contributed by atoms with Gasteiger partial charge in [0.15, 0.2) is 0 Å². The second-order valence-corrected chi connectivity index (χ2v) is 3.12. The van der Waals surface area contributed by atoms with E-state index in [4.69, 9.17) is 4.74 Å². The fourth-order valence-electron chi connectivity index (χ4n) is 1.07. The van der Waals surface area contributed by atoms with Gasteiger partial charge in [0, 0.05) is 0 Å². The number of hydrogen-bond acceptors (Lipinski definition) is 2. The molecule has 2 nitrogen and oxygen atoms in total. The summed E-state index contributed by atoms with van der Waals surface area (Å²) in [5.74, 6) is -0.308. The van der Waals surface area contributed by atoms with E-state index in [1.165, 1.54) is 31.8 Å². The van der Waals surface area contributed by atoms with Gasteiger partial charge in [0.05, 0.1) is 12.7 Å². The SMILES string of the molecule is CCCCCCC=C=CC(=O)OCC. The lowest BCUT2D eigenvalue weighted by Gasteiger charge is -1.93. The van der Waals surface area contributed by atoms with Crippen LogP contribution in [0.4, 0.5) is 0 Å². The topological polar surface area (TPSA) is 26.3 Å². The zero-order chi connectivity index (χ0) is 10.6. The Morgan fingerprint density at radius 2 is 2.07 bits per heavy atom. The molecule has 0 fully saturated rings. The van der Waals surface area contributed by atoms with Gasteiger partial charge in [0.1, 0.15) is 0 Å². The minimum Gasteiger partial charge on any atom is -0.462 e. The highest BCUT2D eigenvalue weighted by atomic mass is 16.5. The molecule has 0 amide bonds. The van der Waals surface area contributed by atoms with Crippen molar-refractivity contribution in [1.29, 1.82) is 0 Å². The van der Waals surface area contributed by atoms with Crippen LogP contribution in [0.2, 0.25) is 0 Å². The Labute approximate surface area is 86.6 Å². The van der Waals surface area contributed by atoms with Crippen molar-refractivity contribution < 1.29 is 9.53 Å². The van der Waals surface area contributed by atoms with Crippen LogP contribution in [0.25, 0.3) is 0 Å². The number of carbonyl (C=O) groups excluding carboxylic acids is 1. The Hall–Kier alpha value is -1.01. The third-order valence-electron chi connectivity index (χ3n) is 1.81. The zero-order valence-corrected chi connectivity index (χ0v) is 9.21. The highest BCUT2D eigenvalue weighted by Crippen LogP contribution is 2.02. The van der Waals surface area contributed by atoms with Crippen molar-refractivity contribution in [3.05, 3.63) is 17.9 Å². The Balaban J connectivity index is 3.46. The first-order valence-electron chi connectivity index (χ1n) is 5.39. The van der Waals surface area contributed by atoms with Gasteiger partial charge in [-0.3, -0.25) is 0 Å². The van der Waals surface area contributed by atoms with Crippen molar-refractivity contribution >= 4 is 5.97 Å². The van der Waals surface area contributed by atoms with E-state index in [0.717, 1.165) is 6.42 Å². The van der Waals surface area contributed by atoms with Crippen LogP contribution >= 0.6 is 0 Å². The summed E-state index contributed by atoms with van der Waals surface area (Å²) in [6.07, 6.45) is 9.22. The van der Waals surface area contributed by atoms with Crippen LogP contribution in [0.15, 0.2) is 17.9 Å². The van der Waals surface area contributed by atoms with Crippen molar-refractivity contribution in [2.24, 2.45) is 0 Å². The second kappa shape index (κ2) is 10.1. The molecule has 0 aliphatic heterocycles. The van der Waals surface area contributed by atoms with Crippen LogP contribution in [-0.2, 0) is 9.53 Å². The van der Waals surface area contributed by atoms with Gasteiger partial charge in [-0.05, 0) is 25.8 Å². The van der Waals surface area contributed by atoms with E-state index in [-0.39, 0.29) is 5.97 Å². The van der Waals surface area contributed by atoms with Crippen molar-refractivity contribution in [2.75, 3.05) is 6.61 Å². The summed E-state index contributed by atoms with van der Waals surface area (Å²) >= 11 is 0. The van der Waals surface area contributed by atoms with E-state index in [9.17, 15) is 4.79 Å². The molecule has 0 atom stereocenters. The Kier molecular flexibility index (Phi) is 9.35. The average molecular weight is 196 g/mol. The van der Waals surface area contributed by atoms with Crippen LogP contribution in [0.1, 0.15) is 46.0 Å². The minimum absolute atomic E-state index is 0.308.